The van der Waals surface area contributed by atoms with E-state index in [2.05, 4.69) is 20.6 Å². The van der Waals surface area contributed by atoms with Gasteiger partial charge in [-0.3, -0.25) is 9.59 Å². The second-order valence-corrected chi connectivity index (χ2v) is 5.97. The molecule has 2 aromatic rings. The molecule has 2 N–H and O–H groups in total. The van der Waals surface area contributed by atoms with Gasteiger partial charge in [0.15, 0.2) is 10.5 Å². The van der Waals surface area contributed by atoms with Gasteiger partial charge in [0.1, 0.15) is 5.75 Å². The largest absolute Gasteiger partial charge is 0.439 e. The Bertz CT molecular complexity index is 778. The van der Waals surface area contributed by atoms with Crippen LogP contribution in [0.4, 0.5) is 5.69 Å². The summed E-state index contributed by atoms with van der Waals surface area (Å²) in [6.07, 6.45) is 1.55. The third-order valence-electron chi connectivity index (χ3n) is 2.95. The lowest BCUT2D eigenvalue weighted by molar-refractivity contribution is -0.124. The minimum atomic E-state index is -0.658. The van der Waals surface area contributed by atoms with Crippen LogP contribution in [0.3, 0.4) is 0 Å². The Labute approximate surface area is 142 Å². The van der Waals surface area contributed by atoms with E-state index >= 15 is 0 Å². The lowest BCUT2D eigenvalue weighted by Gasteiger charge is -2.04. The summed E-state index contributed by atoms with van der Waals surface area (Å²) in [6.45, 7) is 1.36. The number of hydrogen-bond donors (Lipinski definition) is 2. The molecule has 0 bridgehead atoms. The van der Waals surface area contributed by atoms with E-state index in [4.69, 9.17) is 4.74 Å². The van der Waals surface area contributed by atoms with Crippen LogP contribution >= 0.6 is 11.8 Å². The highest BCUT2D eigenvalue weighted by molar-refractivity contribution is 8.15. The molecule has 7 nitrogen and oxygen atoms in total. The number of nitrogens with zero attached hydrogens (tertiary/aromatic N) is 2. The Morgan fingerprint density at radius 3 is 2.75 bits per heavy atom. The number of aliphatic imine (C=N–C) groups is 1. The zero-order valence-electron chi connectivity index (χ0n) is 12.7. The standard InChI is InChI=1S/C16H14N4O3S/c1-10(21)18-15-14(22)20-16(24-15)19-11-7-8-13(17-9-11)23-12-5-3-2-4-6-12/h2-9,15H,1H3,(H,18,21)(H,19,20,22). The van der Waals surface area contributed by atoms with Crippen molar-refractivity contribution in [2.75, 3.05) is 0 Å². The number of amides is 2. The molecule has 2 amide bonds. The van der Waals surface area contributed by atoms with Crippen LogP contribution in [0.25, 0.3) is 0 Å². The molecule has 0 radical (unpaired) electrons. The van der Waals surface area contributed by atoms with Crippen molar-refractivity contribution in [3.8, 4) is 11.6 Å². The van der Waals surface area contributed by atoms with Gasteiger partial charge in [0.25, 0.3) is 5.91 Å². The molecule has 122 valence electrons. The molecule has 1 aliphatic heterocycles. The molecule has 1 aromatic heterocycles. The summed E-state index contributed by atoms with van der Waals surface area (Å²) in [6, 6.07) is 12.8. The average Bonchev–Trinajstić information content (AvgIpc) is 2.89. The maximum atomic E-state index is 11.7. The molecule has 0 saturated carbocycles. The summed E-state index contributed by atoms with van der Waals surface area (Å²) in [5.41, 5.74) is 0.571. The van der Waals surface area contributed by atoms with Crippen molar-refractivity contribution in [2.24, 2.45) is 4.99 Å². The normalized spacial score (nSPS) is 18.3. The number of benzene rings is 1. The number of aromatic nitrogens is 1. The molecule has 3 rings (SSSR count). The van der Waals surface area contributed by atoms with Gasteiger partial charge in [-0.1, -0.05) is 30.0 Å². The quantitative estimate of drug-likeness (QED) is 0.888. The van der Waals surface area contributed by atoms with Crippen LogP contribution in [0.5, 0.6) is 11.6 Å². The molecule has 24 heavy (non-hydrogen) atoms. The van der Waals surface area contributed by atoms with Gasteiger partial charge in [0.05, 0.1) is 11.9 Å². The van der Waals surface area contributed by atoms with Crippen molar-refractivity contribution in [1.82, 2.24) is 15.6 Å². The van der Waals surface area contributed by atoms with E-state index in [1.54, 1.807) is 18.3 Å². The topological polar surface area (TPSA) is 92.7 Å². The van der Waals surface area contributed by atoms with Crippen LogP contribution in [0, 0.1) is 0 Å². The molecule has 1 aliphatic rings. The third kappa shape index (κ3) is 4.11. The van der Waals surface area contributed by atoms with Crippen molar-refractivity contribution in [3.63, 3.8) is 0 Å². The Kier molecular flexibility index (Phi) is 4.76. The summed E-state index contributed by atoms with van der Waals surface area (Å²) in [7, 11) is 0. The average molecular weight is 342 g/mol. The fourth-order valence-electron chi connectivity index (χ4n) is 1.93. The van der Waals surface area contributed by atoms with E-state index in [0.29, 0.717) is 22.5 Å². The minimum Gasteiger partial charge on any atom is -0.439 e. The zero-order valence-corrected chi connectivity index (χ0v) is 13.5. The molecule has 1 atom stereocenters. The van der Waals surface area contributed by atoms with Gasteiger partial charge in [-0.05, 0) is 18.2 Å². The van der Waals surface area contributed by atoms with E-state index in [0.717, 1.165) is 11.8 Å². The Hall–Kier alpha value is -2.87. The SMILES string of the molecule is CC(=O)NC1SC(=Nc2ccc(Oc3ccccc3)nc2)NC1=O. The fraction of sp³-hybridized carbons (Fsp3) is 0.125. The fourth-order valence-corrected chi connectivity index (χ4v) is 2.86. The highest BCUT2D eigenvalue weighted by Gasteiger charge is 2.30. The number of para-hydroxylation sites is 1. The van der Waals surface area contributed by atoms with E-state index < -0.39 is 5.37 Å². The number of ether oxygens (including phenoxy) is 1. The molecule has 1 unspecified atom stereocenters. The Morgan fingerprint density at radius 1 is 1.29 bits per heavy atom. The smallest absolute Gasteiger partial charge is 0.259 e. The number of pyridine rings is 1. The van der Waals surface area contributed by atoms with E-state index in [1.807, 2.05) is 30.3 Å². The monoisotopic (exact) mass is 342 g/mol. The second kappa shape index (κ2) is 7.14. The molecule has 0 aliphatic carbocycles. The summed E-state index contributed by atoms with van der Waals surface area (Å²) < 4.78 is 5.60. The first-order valence-electron chi connectivity index (χ1n) is 7.12. The molecule has 0 spiro atoms. The Morgan fingerprint density at radius 2 is 2.08 bits per heavy atom. The highest BCUT2D eigenvalue weighted by atomic mass is 32.2. The minimum absolute atomic E-state index is 0.270. The van der Waals surface area contributed by atoms with Gasteiger partial charge in [-0.25, -0.2) is 9.98 Å². The summed E-state index contributed by atoms with van der Waals surface area (Å²) >= 11 is 1.15. The van der Waals surface area contributed by atoms with E-state index in [1.165, 1.54) is 6.92 Å². The highest BCUT2D eigenvalue weighted by Crippen LogP contribution is 2.24. The van der Waals surface area contributed by atoms with Crippen LogP contribution in [-0.4, -0.2) is 27.3 Å². The first-order valence-corrected chi connectivity index (χ1v) is 8.00. The maximum absolute atomic E-state index is 11.7. The molecule has 1 fully saturated rings. The first-order chi connectivity index (χ1) is 11.6. The van der Waals surface area contributed by atoms with Gasteiger partial charge >= 0.3 is 0 Å². The number of carbonyl (C=O) groups is 2. The van der Waals surface area contributed by atoms with Gasteiger partial charge in [-0.15, -0.1) is 0 Å². The van der Waals surface area contributed by atoms with Gasteiger partial charge < -0.3 is 15.4 Å². The van der Waals surface area contributed by atoms with Gasteiger partial charge in [0, 0.05) is 13.0 Å². The lowest BCUT2D eigenvalue weighted by Crippen LogP contribution is -2.37. The number of thioether (sulfide) groups is 1. The lowest BCUT2D eigenvalue weighted by atomic mass is 10.3. The van der Waals surface area contributed by atoms with Crippen LogP contribution in [-0.2, 0) is 9.59 Å². The van der Waals surface area contributed by atoms with Crippen molar-refractivity contribution < 1.29 is 14.3 Å². The molecular weight excluding hydrogens is 328 g/mol. The predicted molar refractivity (Wildman–Crippen MR) is 91.2 cm³/mol. The first kappa shape index (κ1) is 16.0. The van der Waals surface area contributed by atoms with Gasteiger partial charge in [-0.2, -0.15) is 0 Å². The summed E-state index contributed by atoms with van der Waals surface area (Å²) in [4.78, 5) is 31.2. The third-order valence-corrected chi connectivity index (χ3v) is 3.93. The van der Waals surface area contributed by atoms with Crippen molar-refractivity contribution >= 4 is 34.4 Å². The molecule has 8 heteroatoms. The maximum Gasteiger partial charge on any atom is 0.259 e. The number of rotatable bonds is 4. The van der Waals surface area contributed by atoms with Crippen LogP contribution in [0.2, 0.25) is 0 Å². The molecule has 1 aromatic carbocycles. The molecule has 1 saturated heterocycles. The molecular formula is C16H14N4O3S. The number of amidine groups is 1. The Balaban J connectivity index is 1.66. The number of hydrogen-bond acceptors (Lipinski definition) is 6. The zero-order chi connectivity index (χ0) is 16.9. The van der Waals surface area contributed by atoms with Crippen molar-refractivity contribution in [2.45, 2.75) is 12.3 Å². The number of carbonyl (C=O) groups excluding carboxylic acids is 2. The van der Waals surface area contributed by atoms with E-state index in [-0.39, 0.29) is 11.8 Å². The van der Waals surface area contributed by atoms with Crippen LogP contribution in [0.15, 0.2) is 53.7 Å². The second-order valence-electron chi connectivity index (χ2n) is 4.87. The van der Waals surface area contributed by atoms with Crippen LogP contribution < -0.4 is 15.4 Å². The van der Waals surface area contributed by atoms with Crippen LogP contribution in [0.1, 0.15) is 6.92 Å². The van der Waals surface area contributed by atoms with E-state index in [9.17, 15) is 9.59 Å². The summed E-state index contributed by atoms with van der Waals surface area (Å²) in [5, 5.41) is 4.91. The van der Waals surface area contributed by atoms with Crippen molar-refractivity contribution in [3.05, 3.63) is 48.7 Å². The number of nitrogens with one attached hydrogen (secondary N) is 2. The van der Waals surface area contributed by atoms with Gasteiger partial charge in [0.2, 0.25) is 11.8 Å². The molecule has 2 heterocycles. The van der Waals surface area contributed by atoms with Crippen molar-refractivity contribution in [1.29, 1.82) is 0 Å². The summed E-state index contributed by atoms with van der Waals surface area (Å²) in [5.74, 6) is 0.573. The predicted octanol–water partition coefficient (Wildman–Crippen LogP) is 2.19.